The Labute approximate surface area is 173 Å². The number of hydrogen-bond donors (Lipinski definition) is 2. The van der Waals surface area contributed by atoms with Crippen molar-refractivity contribution in [2.24, 2.45) is 0 Å². The third-order valence-electron chi connectivity index (χ3n) is 3.55. The maximum atomic E-state index is 12.6. The molecule has 2 N–H and O–H groups in total. The summed E-state index contributed by atoms with van der Waals surface area (Å²) in [6.45, 7) is 1.88. The van der Waals surface area contributed by atoms with E-state index in [1.54, 1.807) is 19.2 Å². The molecule has 28 heavy (non-hydrogen) atoms. The smallest absolute Gasteiger partial charge is 0.329 e. The molecule has 10 nitrogen and oxygen atoms in total. The number of aromatic nitrogens is 1. The summed E-state index contributed by atoms with van der Waals surface area (Å²) < 4.78 is 28.6. The van der Waals surface area contributed by atoms with E-state index < -0.39 is 27.9 Å². The number of carbonyl (C=O) groups excluding carboxylic acids is 3. The number of sulfonamides is 1. The number of ether oxygens (including phenoxy) is 1. The SMILES string of the molecule is CCOC(=O)C1CSCN1C(=O)C[n+]1cccc(C(=O)NNS(C)(=O)=O)c1.[Cl-]. The van der Waals surface area contributed by atoms with Gasteiger partial charge in [-0.2, -0.15) is 4.57 Å². The Morgan fingerprint density at radius 3 is 2.75 bits per heavy atom. The molecule has 0 bridgehead atoms. The molecule has 0 aromatic carbocycles. The number of thioether (sulfide) groups is 1. The summed E-state index contributed by atoms with van der Waals surface area (Å²) >= 11 is 1.47. The fraction of sp³-hybridized carbons (Fsp3) is 0.467. The number of nitrogens with one attached hydrogen (secondary N) is 2. The molecule has 1 saturated heterocycles. The highest BCUT2D eigenvalue weighted by molar-refractivity contribution is 7.99. The standard InChI is InChI=1S/C15H20N4O6S2.ClH/c1-3-25-15(22)12-9-26-10-19(12)13(20)8-18-6-4-5-11(7-18)14(21)16-17-27(2,23)24;/h4-7,12,17H,3,8-10H2,1-2H3;1H. The van der Waals surface area contributed by atoms with Gasteiger partial charge in [0.25, 0.3) is 11.8 Å². The zero-order valence-electron chi connectivity index (χ0n) is 15.3. The fourth-order valence-electron chi connectivity index (χ4n) is 2.34. The molecule has 1 atom stereocenters. The van der Waals surface area contributed by atoms with E-state index in [0.717, 1.165) is 6.26 Å². The fourth-order valence-corrected chi connectivity index (χ4v) is 3.78. The van der Waals surface area contributed by atoms with Crippen molar-refractivity contribution in [2.45, 2.75) is 19.5 Å². The quantitative estimate of drug-likeness (QED) is 0.243. The van der Waals surface area contributed by atoms with Gasteiger partial charge in [0.1, 0.15) is 11.6 Å². The first-order valence-electron chi connectivity index (χ1n) is 8.01. The van der Waals surface area contributed by atoms with Crippen molar-refractivity contribution in [1.29, 1.82) is 0 Å². The number of rotatable bonds is 7. The molecule has 0 spiro atoms. The van der Waals surface area contributed by atoms with E-state index in [1.165, 1.54) is 33.5 Å². The molecule has 0 aliphatic carbocycles. The largest absolute Gasteiger partial charge is 1.00 e. The van der Waals surface area contributed by atoms with Gasteiger partial charge in [-0.1, -0.05) is 0 Å². The second kappa shape index (κ2) is 10.6. The third kappa shape index (κ3) is 6.93. The first kappa shape index (κ1) is 24.1. The average Bonchev–Trinajstić information content (AvgIpc) is 3.09. The van der Waals surface area contributed by atoms with Crippen LogP contribution in [0.2, 0.25) is 0 Å². The number of hydrogen-bond acceptors (Lipinski definition) is 7. The number of hydrazine groups is 1. The van der Waals surface area contributed by atoms with Crippen LogP contribution in [0.4, 0.5) is 0 Å². The van der Waals surface area contributed by atoms with E-state index in [9.17, 15) is 22.8 Å². The number of nitrogens with zero attached hydrogens (tertiary/aromatic N) is 2. The lowest BCUT2D eigenvalue weighted by Gasteiger charge is -2.20. The average molecular weight is 453 g/mol. The van der Waals surface area contributed by atoms with E-state index in [1.807, 2.05) is 4.83 Å². The van der Waals surface area contributed by atoms with Crippen molar-refractivity contribution in [2.75, 3.05) is 24.5 Å². The van der Waals surface area contributed by atoms with Crippen LogP contribution < -0.4 is 27.2 Å². The van der Waals surface area contributed by atoms with Crippen molar-refractivity contribution in [3.8, 4) is 0 Å². The van der Waals surface area contributed by atoms with Gasteiger partial charge >= 0.3 is 5.97 Å². The van der Waals surface area contributed by atoms with Crippen LogP contribution in [-0.2, 0) is 30.9 Å². The predicted molar refractivity (Wildman–Crippen MR) is 96.7 cm³/mol. The third-order valence-corrected chi connectivity index (χ3v) is 5.03. The Morgan fingerprint density at radius 2 is 2.11 bits per heavy atom. The number of amides is 2. The normalized spacial score (nSPS) is 16.2. The van der Waals surface area contributed by atoms with Gasteiger partial charge in [-0.3, -0.25) is 15.0 Å². The van der Waals surface area contributed by atoms with E-state index >= 15 is 0 Å². The van der Waals surface area contributed by atoms with Gasteiger partial charge in [0.05, 0.1) is 18.7 Å². The summed E-state index contributed by atoms with van der Waals surface area (Å²) in [6, 6.07) is 2.42. The summed E-state index contributed by atoms with van der Waals surface area (Å²) in [4.78, 5) is 39.9. The Balaban J connectivity index is 0.00000392. The zero-order chi connectivity index (χ0) is 20.0. The van der Waals surface area contributed by atoms with E-state index in [-0.39, 0.29) is 37.0 Å². The lowest BCUT2D eigenvalue weighted by molar-refractivity contribution is -0.685. The number of pyridine rings is 1. The molecule has 2 amide bonds. The molecular weight excluding hydrogens is 432 g/mol. The van der Waals surface area contributed by atoms with E-state index in [4.69, 9.17) is 4.74 Å². The van der Waals surface area contributed by atoms with Crippen LogP contribution in [0.25, 0.3) is 0 Å². The molecule has 0 saturated carbocycles. The summed E-state index contributed by atoms with van der Waals surface area (Å²) in [5.41, 5.74) is 2.23. The number of halogens is 1. The van der Waals surface area contributed by atoms with Crippen LogP contribution in [0, 0.1) is 0 Å². The highest BCUT2D eigenvalue weighted by Crippen LogP contribution is 2.22. The van der Waals surface area contributed by atoms with Crippen LogP contribution in [0.5, 0.6) is 0 Å². The monoisotopic (exact) mass is 452 g/mol. The Kier molecular flexibility index (Phi) is 9.14. The minimum atomic E-state index is -3.58. The van der Waals surface area contributed by atoms with Gasteiger partial charge in [-0.15, -0.1) is 16.6 Å². The molecule has 2 heterocycles. The molecule has 0 radical (unpaired) electrons. The maximum Gasteiger partial charge on any atom is 0.329 e. The van der Waals surface area contributed by atoms with Gasteiger partial charge in [-0.25, -0.2) is 13.2 Å². The summed E-state index contributed by atoms with van der Waals surface area (Å²) in [5, 5.41) is 0. The summed E-state index contributed by atoms with van der Waals surface area (Å²) in [7, 11) is -3.58. The summed E-state index contributed by atoms with van der Waals surface area (Å²) in [5.74, 6) is -0.505. The molecule has 1 aromatic rings. The molecule has 1 unspecified atom stereocenters. The Hall–Kier alpha value is -1.89. The van der Waals surface area contributed by atoms with Crippen molar-refractivity contribution in [3.05, 3.63) is 30.1 Å². The molecule has 1 fully saturated rings. The van der Waals surface area contributed by atoms with E-state index in [2.05, 4.69) is 5.43 Å². The van der Waals surface area contributed by atoms with Crippen LogP contribution in [0.15, 0.2) is 24.5 Å². The Bertz CT molecular complexity index is 836. The van der Waals surface area contributed by atoms with Crippen LogP contribution >= 0.6 is 11.8 Å². The van der Waals surface area contributed by atoms with Crippen molar-refractivity contribution in [3.63, 3.8) is 0 Å². The molecule has 1 aliphatic rings. The van der Waals surface area contributed by atoms with Gasteiger partial charge in [0.2, 0.25) is 16.6 Å². The molecule has 13 heteroatoms. The van der Waals surface area contributed by atoms with E-state index in [0.29, 0.717) is 11.6 Å². The predicted octanol–water partition coefficient (Wildman–Crippen LogP) is -4.36. The Morgan fingerprint density at radius 1 is 1.39 bits per heavy atom. The lowest BCUT2D eigenvalue weighted by Crippen LogP contribution is -3.00. The van der Waals surface area contributed by atoms with Crippen LogP contribution in [-0.4, -0.2) is 61.6 Å². The van der Waals surface area contributed by atoms with Gasteiger partial charge in [0.15, 0.2) is 12.4 Å². The van der Waals surface area contributed by atoms with Gasteiger partial charge in [-0.05, 0) is 13.0 Å². The molecular formula is C15H21ClN4O6S2. The first-order valence-corrected chi connectivity index (χ1v) is 11.1. The van der Waals surface area contributed by atoms with Crippen molar-refractivity contribution < 1.29 is 44.5 Å². The second-order valence-corrected chi connectivity index (χ2v) is 8.47. The lowest BCUT2D eigenvalue weighted by atomic mass is 10.2. The molecule has 1 aromatic heterocycles. The van der Waals surface area contributed by atoms with Crippen LogP contribution in [0.1, 0.15) is 17.3 Å². The minimum absolute atomic E-state index is 0. The topological polar surface area (TPSA) is 126 Å². The zero-order valence-corrected chi connectivity index (χ0v) is 17.6. The van der Waals surface area contributed by atoms with Crippen molar-refractivity contribution >= 4 is 39.6 Å². The second-order valence-electron chi connectivity index (χ2n) is 5.72. The summed E-state index contributed by atoms with van der Waals surface area (Å²) in [6.07, 6.45) is 3.92. The maximum absolute atomic E-state index is 12.6. The van der Waals surface area contributed by atoms with Crippen LogP contribution in [0.3, 0.4) is 0 Å². The van der Waals surface area contributed by atoms with Gasteiger partial charge in [0, 0.05) is 11.8 Å². The number of carbonyl (C=O) groups is 3. The number of esters is 1. The van der Waals surface area contributed by atoms with Gasteiger partial charge < -0.3 is 22.0 Å². The minimum Gasteiger partial charge on any atom is -1.00 e. The molecule has 1 aliphatic heterocycles. The first-order chi connectivity index (χ1) is 12.7. The highest BCUT2D eigenvalue weighted by Gasteiger charge is 2.36. The van der Waals surface area contributed by atoms with Crippen molar-refractivity contribution in [1.82, 2.24) is 15.2 Å². The molecule has 2 rings (SSSR count). The molecule has 156 valence electrons. The highest BCUT2D eigenvalue weighted by atomic mass is 35.5.